The fraction of sp³-hybridized carbons (Fsp3) is 0.100. The van der Waals surface area contributed by atoms with E-state index in [2.05, 4.69) is 25.3 Å². The van der Waals surface area contributed by atoms with E-state index in [1.807, 2.05) is 0 Å². The highest BCUT2D eigenvalue weighted by Crippen LogP contribution is 2.30. The third-order valence-corrected chi connectivity index (χ3v) is 4.46. The van der Waals surface area contributed by atoms with Gasteiger partial charge in [0, 0.05) is 23.4 Å². The molecule has 0 saturated carbocycles. The number of aromatic nitrogens is 2. The lowest BCUT2D eigenvalue weighted by Crippen LogP contribution is -2.36. The summed E-state index contributed by atoms with van der Waals surface area (Å²) in [6.45, 7) is -0.199. The van der Waals surface area contributed by atoms with E-state index >= 15 is 0 Å². The summed E-state index contributed by atoms with van der Waals surface area (Å²) in [4.78, 5) is 26.9. The van der Waals surface area contributed by atoms with Crippen LogP contribution in [0.2, 0.25) is 0 Å². The molecule has 2 N–H and O–H groups in total. The molecule has 0 radical (unpaired) electrons. The number of hydrogen-bond acceptors (Lipinski definition) is 7. The van der Waals surface area contributed by atoms with Crippen LogP contribution in [-0.2, 0) is 12.7 Å². The van der Waals surface area contributed by atoms with Gasteiger partial charge in [-0.15, -0.1) is 0 Å². The number of anilines is 3. The van der Waals surface area contributed by atoms with E-state index in [4.69, 9.17) is 0 Å². The summed E-state index contributed by atoms with van der Waals surface area (Å²) in [5, 5.41) is 8.54. The lowest BCUT2D eigenvalue weighted by molar-refractivity contribution is -0.159. The summed E-state index contributed by atoms with van der Waals surface area (Å²) in [6, 6.07) is 8.54. The van der Waals surface area contributed by atoms with Crippen LogP contribution in [0.3, 0.4) is 0 Å². The number of halogens is 5. The third-order valence-electron chi connectivity index (χ3n) is 4.46. The Bertz CT molecular complexity index is 1360. The summed E-state index contributed by atoms with van der Waals surface area (Å²) in [7, 11) is 0. The number of alkyl halides is 3. The van der Waals surface area contributed by atoms with Crippen LogP contribution in [0.15, 0.2) is 56.6 Å². The van der Waals surface area contributed by atoms with Crippen LogP contribution in [-0.4, -0.2) is 10.1 Å². The van der Waals surface area contributed by atoms with Crippen LogP contribution in [0.1, 0.15) is 11.5 Å². The number of hydrogen-bond donors (Lipinski definition) is 2. The molecule has 3 aromatic carbocycles. The van der Waals surface area contributed by atoms with Gasteiger partial charge in [0.25, 0.3) is 10.9 Å². The van der Waals surface area contributed by atoms with Crippen LogP contribution in [0.5, 0.6) is 0 Å². The average Bonchev–Trinajstić information content (AvgIpc) is 3.26. The van der Waals surface area contributed by atoms with Gasteiger partial charge in [-0.2, -0.15) is 18.2 Å². The lowest BCUT2D eigenvalue weighted by Gasteiger charge is -2.15. The maximum atomic E-state index is 14.4. The van der Waals surface area contributed by atoms with Gasteiger partial charge >= 0.3 is 12.1 Å². The van der Waals surface area contributed by atoms with Crippen molar-refractivity contribution >= 4 is 17.1 Å². The van der Waals surface area contributed by atoms with Crippen molar-refractivity contribution in [2.45, 2.75) is 12.7 Å². The Morgan fingerprint density at radius 1 is 0.938 bits per heavy atom. The van der Waals surface area contributed by atoms with Crippen molar-refractivity contribution < 1.29 is 26.5 Å². The van der Waals surface area contributed by atoms with Crippen molar-refractivity contribution in [3.05, 3.63) is 86.0 Å². The lowest BCUT2D eigenvalue weighted by atomic mass is 10.1. The van der Waals surface area contributed by atoms with Gasteiger partial charge in [-0.1, -0.05) is 17.3 Å². The predicted molar refractivity (Wildman–Crippen MR) is 103 cm³/mol. The van der Waals surface area contributed by atoms with Gasteiger partial charge < -0.3 is 15.2 Å². The highest BCUT2D eigenvalue weighted by molar-refractivity contribution is 5.78. The number of benzene rings is 2. The monoisotopic (exact) mass is 450 g/mol. The Morgan fingerprint density at radius 3 is 2.25 bits per heavy atom. The van der Waals surface area contributed by atoms with Gasteiger partial charge in [0.1, 0.15) is 23.0 Å². The van der Waals surface area contributed by atoms with E-state index < -0.39 is 40.4 Å². The van der Waals surface area contributed by atoms with Crippen LogP contribution in [0.25, 0.3) is 11.4 Å². The molecule has 0 bridgehead atoms. The first-order chi connectivity index (χ1) is 15.1. The summed E-state index contributed by atoms with van der Waals surface area (Å²) < 4.78 is 69.3. The standard InChI is InChI=1S/C20H11F5N4O3/c21-11-3-5-12(6-4-11)27-15-14(16(30)17(15)31)26-8-10-2-1-9(7-13(10)22)18-28-19(32-29-18)20(23,24)25/h1-7,26-27H,8H2. The summed E-state index contributed by atoms with van der Waals surface area (Å²) >= 11 is 0. The molecule has 0 aliphatic heterocycles. The molecule has 1 aromatic heterocycles. The number of rotatable bonds is 6. The van der Waals surface area contributed by atoms with Gasteiger partial charge in [-0.05, 0) is 30.3 Å². The van der Waals surface area contributed by atoms with Crippen molar-refractivity contribution in [1.82, 2.24) is 10.1 Å². The van der Waals surface area contributed by atoms with Crippen molar-refractivity contribution in [2.75, 3.05) is 10.6 Å². The molecule has 7 nitrogen and oxygen atoms in total. The molecule has 4 rings (SSSR count). The van der Waals surface area contributed by atoms with Gasteiger partial charge in [-0.3, -0.25) is 9.59 Å². The molecule has 32 heavy (non-hydrogen) atoms. The van der Waals surface area contributed by atoms with Crippen LogP contribution < -0.4 is 21.5 Å². The molecule has 1 heterocycles. The van der Waals surface area contributed by atoms with Gasteiger partial charge in [-0.25, -0.2) is 8.78 Å². The average molecular weight is 450 g/mol. The first-order valence-electron chi connectivity index (χ1n) is 8.93. The molecule has 0 spiro atoms. The maximum absolute atomic E-state index is 14.4. The van der Waals surface area contributed by atoms with Crippen molar-refractivity contribution in [3.63, 3.8) is 0 Å². The minimum absolute atomic E-state index is 0.0433. The maximum Gasteiger partial charge on any atom is 0.471 e. The zero-order valence-corrected chi connectivity index (χ0v) is 15.8. The van der Waals surface area contributed by atoms with E-state index in [-0.39, 0.29) is 29.0 Å². The topological polar surface area (TPSA) is 97.1 Å². The molecule has 0 atom stereocenters. The van der Waals surface area contributed by atoms with Gasteiger partial charge in [0.15, 0.2) is 0 Å². The molecular formula is C20H11F5N4O3. The highest BCUT2D eigenvalue weighted by atomic mass is 19.4. The second kappa shape index (κ2) is 7.87. The fourth-order valence-electron chi connectivity index (χ4n) is 2.83. The molecule has 0 aliphatic rings. The first-order valence-corrected chi connectivity index (χ1v) is 8.93. The van der Waals surface area contributed by atoms with Crippen LogP contribution >= 0.6 is 0 Å². The zero-order chi connectivity index (χ0) is 23.0. The largest absolute Gasteiger partial charge is 0.471 e. The smallest absolute Gasteiger partial charge is 0.376 e. The summed E-state index contributed by atoms with van der Waals surface area (Å²) in [5.41, 5.74) is -1.33. The zero-order valence-electron chi connectivity index (χ0n) is 15.8. The molecule has 0 fully saturated rings. The number of nitrogens with one attached hydrogen (secondary N) is 2. The Labute approximate surface area is 175 Å². The minimum Gasteiger partial charge on any atom is -0.376 e. The van der Waals surface area contributed by atoms with E-state index in [1.54, 1.807) is 0 Å². The molecule has 0 saturated heterocycles. The van der Waals surface area contributed by atoms with E-state index in [9.17, 15) is 31.5 Å². The van der Waals surface area contributed by atoms with Gasteiger partial charge in [0.2, 0.25) is 5.82 Å². The SMILES string of the molecule is O=c1c(NCc2ccc(-c3noc(C(F)(F)F)n3)cc2F)c(Nc2ccc(F)cc2)c1=O. The quantitative estimate of drug-likeness (QED) is 0.339. The normalized spacial score (nSPS) is 11.7. The molecule has 0 aliphatic carbocycles. The first kappa shape index (κ1) is 21.2. The minimum atomic E-state index is -4.83. The van der Waals surface area contributed by atoms with Crippen molar-refractivity contribution in [1.29, 1.82) is 0 Å². The molecular weight excluding hydrogens is 439 g/mol. The molecule has 4 aromatic rings. The van der Waals surface area contributed by atoms with Crippen molar-refractivity contribution in [2.24, 2.45) is 0 Å². The molecule has 12 heteroatoms. The van der Waals surface area contributed by atoms with Crippen LogP contribution in [0.4, 0.5) is 39.0 Å². The second-order valence-electron chi connectivity index (χ2n) is 6.62. The summed E-state index contributed by atoms with van der Waals surface area (Å²) in [5.74, 6) is -3.28. The van der Waals surface area contributed by atoms with Crippen molar-refractivity contribution in [3.8, 4) is 11.4 Å². The van der Waals surface area contributed by atoms with E-state index in [0.29, 0.717) is 5.69 Å². The van der Waals surface area contributed by atoms with Gasteiger partial charge in [0.05, 0.1) is 0 Å². The highest BCUT2D eigenvalue weighted by Gasteiger charge is 2.38. The summed E-state index contributed by atoms with van der Waals surface area (Å²) in [6.07, 6.45) is -4.83. The Morgan fingerprint density at radius 2 is 1.62 bits per heavy atom. The molecule has 0 amide bonds. The number of nitrogens with zero attached hydrogens (tertiary/aromatic N) is 2. The van der Waals surface area contributed by atoms with E-state index in [0.717, 1.165) is 6.07 Å². The Balaban J connectivity index is 1.49. The van der Waals surface area contributed by atoms with E-state index in [1.165, 1.54) is 36.4 Å². The second-order valence-corrected chi connectivity index (χ2v) is 6.62. The van der Waals surface area contributed by atoms with Crippen LogP contribution in [0, 0.1) is 11.6 Å². The third kappa shape index (κ3) is 4.06. The molecule has 164 valence electrons. The fourth-order valence-corrected chi connectivity index (χ4v) is 2.83. The Hall–Kier alpha value is -4.09. The predicted octanol–water partition coefficient (Wildman–Crippen LogP) is 3.99. The molecule has 0 unspecified atom stereocenters. The Kier molecular flexibility index (Phi) is 5.20.